The minimum Gasteiger partial charge on any atom is -0.326 e. The van der Waals surface area contributed by atoms with Crippen LogP contribution in [0.1, 0.15) is 11.1 Å². The van der Waals surface area contributed by atoms with E-state index in [4.69, 9.17) is 16.9 Å². The van der Waals surface area contributed by atoms with Crippen LogP contribution in [0.2, 0.25) is 5.02 Å². The number of benzene rings is 1. The molecule has 0 saturated carbocycles. The van der Waals surface area contributed by atoms with Crippen LogP contribution in [0.25, 0.3) is 21.7 Å². The predicted octanol–water partition coefficient (Wildman–Crippen LogP) is 4.14. The first-order valence-electron chi connectivity index (χ1n) is 5.73. The molecule has 0 fully saturated rings. The fraction of sp³-hybridized carbons (Fsp3) is 0.143. The van der Waals surface area contributed by atoms with E-state index >= 15 is 0 Å². The van der Waals surface area contributed by atoms with Crippen LogP contribution in [-0.2, 0) is 7.05 Å². The maximum Gasteiger partial charge on any atom is 0.152 e. The van der Waals surface area contributed by atoms with Gasteiger partial charge in [0.2, 0.25) is 0 Å². The molecule has 0 amide bonds. The number of thiophene rings is 1. The largest absolute Gasteiger partial charge is 0.326 e. The number of hydrogen-bond acceptors (Lipinski definition) is 3. The van der Waals surface area contributed by atoms with Crippen molar-refractivity contribution in [3.8, 4) is 16.8 Å². The first-order chi connectivity index (χ1) is 9.13. The highest BCUT2D eigenvalue weighted by Crippen LogP contribution is 2.37. The third-order valence-corrected chi connectivity index (χ3v) is 4.83. The summed E-state index contributed by atoms with van der Waals surface area (Å²) in [5.41, 5.74) is 3.30. The zero-order valence-corrected chi connectivity index (χ0v) is 12.0. The number of para-hydroxylation sites is 1. The molecular formula is C14H10ClN3S. The number of hydrogen-bond donors (Lipinski definition) is 0. The fourth-order valence-corrected chi connectivity index (χ4v) is 3.39. The van der Waals surface area contributed by atoms with Gasteiger partial charge in [-0.2, -0.15) is 5.26 Å². The van der Waals surface area contributed by atoms with Crippen LogP contribution in [0.4, 0.5) is 0 Å². The number of fused-ring (bicyclic) bond motifs is 1. The molecule has 0 saturated heterocycles. The highest BCUT2D eigenvalue weighted by atomic mass is 35.5. The number of aryl methyl sites for hydroxylation is 2. The summed E-state index contributed by atoms with van der Waals surface area (Å²) in [7, 11) is 1.94. The van der Waals surface area contributed by atoms with Gasteiger partial charge in [-0.3, -0.25) is 0 Å². The molecular weight excluding hydrogens is 278 g/mol. The van der Waals surface area contributed by atoms with E-state index in [1.165, 1.54) is 0 Å². The highest BCUT2D eigenvalue weighted by molar-refractivity contribution is 7.14. The minimum absolute atomic E-state index is 0.587. The average molecular weight is 288 g/mol. The standard InChI is InChI=1S/C14H10ClN3S/c1-8-7-19-13(11(8)15)14-17-12-9(6-16)4-3-5-10(12)18(14)2/h3-5,7H,1-2H3. The lowest BCUT2D eigenvalue weighted by molar-refractivity contribution is 0.963. The van der Waals surface area contributed by atoms with E-state index in [0.717, 1.165) is 32.3 Å². The number of rotatable bonds is 1. The Labute approximate surface area is 119 Å². The lowest BCUT2D eigenvalue weighted by atomic mass is 10.2. The van der Waals surface area contributed by atoms with Crippen molar-refractivity contribution in [1.29, 1.82) is 5.26 Å². The van der Waals surface area contributed by atoms with Gasteiger partial charge in [-0.05, 0) is 30.0 Å². The van der Waals surface area contributed by atoms with Crippen molar-refractivity contribution in [3.05, 3.63) is 39.7 Å². The molecule has 19 heavy (non-hydrogen) atoms. The quantitative estimate of drug-likeness (QED) is 0.675. The second-order valence-corrected chi connectivity index (χ2v) is 5.60. The smallest absolute Gasteiger partial charge is 0.152 e. The molecule has 0 radical (unpaired) electrons. The molecule has 0 atom stereocenters. The summed E-state index contributed by atoms with van der Waals surface area (Å²) in [4.78, 5) is 5.54. The third kappa shape index (κ3) is 1.74. The van der Waals surface area contributed by atoms with Crippen molar-refractivity contribution in [2.45, 2.75) is 6.92 Å². The van der Waals surface area contributed by atoms with Crippen LogP contribution in [0.15, 0.2) is 23.6 Å². The summed E-state index contributed by atoms with van der Waals surface area (Å²) in [6.07, 6.45) is 0. The Balaban J connectivity index is 2.35. The molecule has 0 unspecified atom stereocenters. The summed E-state index contributed by atoms with van der Waals surface area (Å²) in [5.74, 6) is 0.806. The van der Waals surface area contributed by atoms with Crippen molar-refractivity contribution >= 4 is 34.0 Å². The molecule has 94 valence electrons. The molecule has 5 heteroatoms. The molecule has 0 spiro atoms. The van der Waals surface area contributed by atoms with Gasteiger partial charge in [0, 0.05) is 7.05 Å². The van der Waals surface area contributed by atoms with Crippen LogP contribution in [0, 0.1) is 18.3 Å². The minimum atomic E-state index is 0.587. The third-order valence-electron chi connectivity index (χ3n) is 3.13. The second-order valence-electron chi connectivity index (χ2n) is 4.34. The van der Waals surface area contributed by atoms with Crippen LogP contribution in [0.5, 0.6) is 0 Å². The number of aromatic nitrogens is 2. The van der Waals surface area contributed by atoms with E-state index < -0.39 is 0 Å². The van der Waals surface area contributed by atoms with Crippen LogP contribution < -0.4 is 0 Å². The van der Waals surface area contributed by atoms with Crippen LogP contribution >= 0.6 is 22.9 Å². The van der Waals surface area contributed by atoms with Crippen LogP contribution in [0.3, 0.4) is 0 Å². The molecule has 2 heterocycles. The second kappa shape index (κ2) is 4.37. The van der Waals surface area contributed by atoms with E-state index in [1.54, 1.807) is 17.4 Å². The van der Waals surface area contributed by atoms with Crippen LogP contribution in [-0.4, -0.2) is 9.55 Å². The number of nitrogens with zero attached hydrogens (tertiary/aromatic N) is 3. The van der Waals surface area contributed by atoms with E-state index in [2.05, 4.69) is 11.1 Å². The van der Waals surface area contributed by atoms with Gasteiger partial charge in [0.1, 0.15) is 11.6 Å². The average Bonchev–Trinajstić information content (AvgIpc) is 2.92. The summed E-state index contributed by atoms with van der Waals surface area (Å²) in [6, 6.07) is 7.78. The summed E-state index contributed by atoms with van der Waals surface area (Å²) in [5, 5.41) is 11.9. The van der Waals surface area contributed by atoms with E-state index in [0.29, 0.717) is 5.56 Å². The van der Waals surface area contributed by atoms with Gasteiger partial charge in [0.05, 0.1) is 21.0 Å². The summed E-state index contributed by atoms with van der Waals surface area (Å²) < 4.78 is 1.98. The zero-order chi connectivity index (χ0) is 13.6. The van der Waals surface area contributed by atoms with E-state index in [-0.39, 0.29) is 0 Å². The van der Waals surface area contributed by atoms with Crippen molar-refractivity contribution in [1.82, 2.24) is 9.55 Å². The Kier molecular flexibility index (Phi) is 2.81. The maximum atomic E-state index is 9.14. The van der Waals surface area contributed by atoms with Gasteiger partial charge in [-0.15, -0.1) is 11.3 Å². The van der Waals surface area contributed by atoms with Gasteiger partial charge < -0.3 is 4.57 Å². The fourth-order valence-electron chi connectivity index (χ4n) is 2.09. The van der Waals surface area contributed by atoms with Crippen molar-refractivity contribution in [3.63, 3.8) is 0 Å². The monoisotopic (exact) mass is 287 g/mol. The van der Waals surface area contributed by atoms with Gasteiger partial charge in [0.15, 0.2) is 5.82 Å². The Hall–Kier alpha value is -1.83. The maximum absolute atomic E-state index is 9.14. The van der Waals surface area contributed by atoms with Crippen molar-refractivity contribution in [2.24, 2.45) is 7.05 Å². The molecule has 0 N–H and O–H groups in total. The molecule has 0 aliphatic carbocycles. The first-order valence-corrected chi connectivity index (χ1v) is 6.98. The van der Waals surface area contributed by atoms with Gasteiger partial charge in [-0.25, -0.2) is 4.98 Å². The van der Waals surface area contributed by atoms with E-state index in [1.807, 2.05) is 36.1 Å². The zero-order valence-electron chi connectivity index (χ0n) is 10.4. The van der Waals surface area contributed by atoms with E-state index in [9.17, 15) is 0 Å². The molecule has 3 nitrogen and oxygen atoms in total. The highest BCUT2D eigenvalue weighted by Gasteiger charge is 2.17. The summed E-state index contributed by atoms with van der Waals surface area (Å²) in [6.45, 7) is 1.98. The Morgan fingerprint density at radius 2 is 2.21 bits per heavy atom. The Morgan fingerprint density at radius 3 is 2.84 bits per heavy atom. The Morgan fingerprint density at radius 1 is 1.42 bits per heavy atom. The van der Waals surface area contributed by atoms with Crippen molar-refractivity contribution in [2.75, 3.05) is 0 Å². The lowest BCUT2D eigenvalue weighted by Crippen LogP contribution is -1.90. The van der Waals surface area contributed by atoms with Gasteiger partial charge in [0.25, 0.3) is 0 Å². The molecule has 3 rings (SSSR count). The molecule has 2 aromatic heterocycles. The van der Waals surface area contributed by atoms with Gasteiger partial charge >= 0.3 is 0 Å². The number of nitriles is 1. The predicted molar refractivity (Wildman–Crippen MR) is 78.5 cm³/mol. The molecule has 3 aromatic rings. The SMILES string of the molecule is Cc1csc(-c2nc3c(C#N)cccc3n2C)c1Cl. The normalized spacial score (nSPS) is 10.8. The molecule has 0 bridgehead atoms. The van der Waals surface area contributed by atoms with Gasteiger partial charge in [-0.1, -0.05) is 17.7 Å². The number of halogens is 1. The topological polar surface area (TPSA) is 41.6 Å². The molecule has 0 aliphatic rings. The summed E-state index contributed by atoms with van der Waals surface area (Å²) >= 11 is 7.88. The lowest BCUT2D eigenvalue weighted by Gasteiger charge is -2.00. The molecule has 1 aromatic carbocycles. The van der Waals surface area contributed by atoms with Crippen molar-refractivity contribution < 1.29 is 0 Å². The first kappa shape index (κ1) is 12.2. The molecule has 0 aliphatic heterocycles. The number of imidazole rings is 1. The Bertz CT molecular complexity index is 823.